The number of amides is 1. The number of fused-ring (bicyclic) bond motifs is 1. The summed E-state index contributed by atoms with van der Waals surface area (Å²) >= 11 is 0. The zero-order valence-corrected chi connectivity index (χ0v) is 24.1. The van der Waals surface area contributed by atoms with E-state index in [9.17, 15) is 9.59 Å². The Labute approximate surface area is 238 Å². The molecule has 1 amide bonds. The molecule has 2 heterocycles. The Morgan fingerprint density at radius 3 is 2.44 bits per heavy atom. The van der Waals surface area contributed by atoms with Crippen LogP contribution < -0.4 is 25.8 Å². The number of aryl methyl sites for hydroxylation is 1. The summed E-state index contributed by atoms with van der Waals surface area (Å²) in [5.41, 5.74) is 8.90. The Bertz CT molecular complexity index is 1640. The topological polar surface area (TPSA) is 130 Å². The molecule has 12 heteroatoms. The van der Waals surface area contributed by atoms with Gasteiger partial charge in [-0.1, -0.05) is 12.1 Å². The number of carbonyl (C=O) groups is 1. The summed E-state index contributed by atoms with van der Waals surface area (Å²) in [6, 6.07) is 10.6. The largest absolute Gasteiger partial charge is 0.496 e. The number of carbonyl (C=O) groups excluding carboxylic acids is 1. The van der Waals surface area contributed by atoms with Gasteiger partial charge in [0.05, 0.1) is 30.8 Å². The van der Waals surface area contributed by atoms with Gasteiger partial charge in [-0.3, -0.25) is 9.36 Å². The normalized spacial score (nSPS) is 11.5. The van der Waals surface area contributed by atoms with Crippen molar-refractivity contribution in [3.63, 3.8) is 0 Å². The van der Waals surface area contributed by atoms with E-state index in [0.29, 0.717) is 52.9 Å². The van der Waals surface area contributed by atoms with E-state index in [1.807, 2.05) is 32.0 Å². The van der Waals surface area contributed by atoms with Gasteiger partial charge in [0, 0.05) is 32.8 Å². The lowest BCUT2D eigenvalue weighted by atomic mass is 10.2. The summed E-state index contributed by atoms with van der Waals surface area (Å²) in [4.78, 5) is 39.1. The van der Waals surface area contributed by atoms with E-state index < -0.39 is 5.69 Å². The van der Waals surface area contributed by atoms with Crippen LogP contribution in [0.4, 0.5) is 11.5 Å². The minimum Gasteiger partial charge on any atom is -0.496 e. The molecule has 2 aromatic carbocycles. The molecule has 0 radical (unpaired) electrons. The predicted molar refractivity (Wildman–Crippen MR) is 159 cm³/mol. The van der Waals surface area contributed by atoms with Crippen LogP contribution in [-0.4, -0.2) is 85.0 Å². The Hall–Kier alpha value is -4.68. The second-order valence-electron chi connectivity index (χ2n) is 9.59. The molecule has 0 atom stereocenters. The number of hydrogen-bond donors (Lipinski definition) is 1. The summed E-state index contributed by atoms with van der Waals surface area (Å²) in [5, 5.41) is 0. The molecule has 4 rings (SSSR count). The molecule has 216 valence electrons. The summed E-state index contributed by atoms with van der Waals surface area (Å²) in [5.74, 6) is 0.960. The SMILES string of the molecule is COCCOc1ccc(-n2c(=O)n(-c3ccc(C)c(OC)c3)c3c(N)ncnc32)cc1N(C)C(=O)C=CCN(C)C. The number of imidazole rings is 1. The maximum atomic E-state index is 14.1. The summed E-state index contributed by atoms with van der Waals surface area (Å²) < 4.78 is 19.4. The van der Waals surface area contributed by atoms with Gasteiger partial charge < -0.3 is 29.7 Å². The molecule has 0 saturated heterocycles. The standard InChI is InChI=1S/C29H35N7O5/c1-19-9-10-21(17-24(19)40-6)35-26-27(30)31-18-32-28(26)36(29(35)38)20-11-12-23(41-15-14-39-5)22(16-20)34(4)25(37)8-7-13-33(2)3/h7-12,16-18H,13-15H2,1-6H3,(H2,30,31,32). The fourth-order valence-electron chi connectivity index (χ4n) is 4.33. The van der Waals surface area contributed by atoms with E-state index in [-0.39, 0.29) is 18.3 Å². The molecular weight excluding hydrogens is 526 g/mol. The first-order chi connectivity index (χ1) is 19.7. The van der Waals surface area contributed by atoms with Crippen molar-refractivity contribution in [3.8, 4) is 22.9 Å². The third-order valence-electron chi connectivity index (χ3n) is 6.47. The van der Waals surface area contributed by atoms with Crippen LogP contribution in [0.3, 0.4) is 0 Å². The van der Waals surface area contributed by atoms with E-state index in [1.165, 1.54) is 26.4 Å². The van der Waals surface area contributed by atoms with Crippen molar-refractivity contribution < 1.29 is 19.0 Å². The molecule has 0 aliphatic heterocycles. The number of aromatic nitrogens is 4. The number of nitrogen functional groups attached to an aromatic ring is 1. The lowest BCUT2D eigenvalue weighted by Gasteiger charge is -2.21. The zero-order valence-electron chi connectivity index (χ0n) is 24.1. The first kappa shape index (κ1) is 29.3. The first-order valence-corrected chi connectivity index (χ1v) is 12.9. The number of likely N-dealkylation sites (N-methyl/N-ethyl adjacent to an activating group) is 2. The molecule has 0 bridgehead atoms. The Balaban J connectivity index is 1.90. The van der Waals surface area contributed by atoms with E-state index in [0.717, 1.165) is 5.56 Å². The minimum atomic E-state index is -0.419. The fraction of sp³-hybridized carbons (Fsp3) is 0.310. The summed E-state index contributed by atoms with van der Waals surface area (Å²) in [6.45, 7) is 3.17. The van der Waals surface area contributed by atoms with Gasteiger partial charge in [-0.2, -0.15) is 0 Å². The molecule has 0 unspecified atom stereocenters. The van der Waals surface area contributed by atoms with E-state index >= 15 is 0 Å². The van der Waals surface area contributed by atoms with Gasteiger partial charge in [-0.25, -0.2) is 19.3 Å². The molecule has 41 heavy (non-hydrogen) atoms. The van der Waals surface area contributed by atoms with Crippen LogP contribution >= 0.6 is 0 Å². The Morgan fingerprint density at radius 1 is 1.00 bits per heavy atom. The molecule has 4 aromatic rings. The summed E-state index contributed by atoms with van der Waals surface area (Å²) in [7, 11) is 8.64. The quantitative estimate of drug-likeness (QED) is 0.217. The van der Waals surface area contributed by atoms with Crippen molar-refractivity contribution in [2.24, 2.45) is 0 Å². The highest BCUT2D eigenvalue weighted by atomic mass is 16.5. The van der Waals surface area contributed by atoms with E-state index in [4.69, 9.17) is 19.9 Å². The highest BCUT2D eigenvalue weighted by Crippen LogP contribution is 2.32. The Kier molecular flexibility index (Phi) is 9.05. The van der Waals surface area contributed by atoms with E-state index in [1.54, 1.807) is 57.7 Å². The fourth-order valence-corrected chi connectivity index (χ4v) is 4.33. The number of anilines is 2. The van der Waals surface area contributed by atoms with Crippen molar-refractivity contribution in [3.05, 3.63) is 70.9 Å². The lowest BCUT2D eigenvalue weighted by molar-refractivity contribution is -0.113. The second kappa shape index (κ2) is 12.7. The van der Waals surface area contributed by atoms with Gasteiger partial charge in [0.1, 0.15) is 29.9 Å². The van der Waals surface area contributed by atoms with Crippen molar-refractivity contribution in [2.45, 2.75) is 6.92 Å². The van der Waals surface area contributed by atoms with Gasteiger partial charge in [0.2, 0.25) is 0 Å². The first-order valence-electron chi connectivity index (χ1n) is 12.9. The molecule has 0 aliphatic rings. The van der Waals surface area contributed by atoms with Crippen LogP contribution in [-0.2, 0) is 9.53 Å². The molecule has 12 nitrogen and oxygen atoms in total. The van der Waals surface area contributed by atoms with Gasteiger partial charge in [-0.15, -0.1) is 0 Å². The van der Waals surface area contributed by atoms with Crippen LogP contribution in [0.5, 0.6) is 11.5 Å². The molecule has 2 aromatic heterocycles. The van der Waals surface area contributed by atoms with Gasteiger partial charge in [0.15, 0.2) is 11.5 Å². The summed E-state index contributed by atoms with van der Waals surface area (Å²) in [6.07, 6.45) is 4.59. The van der Waals surface area contributed by atoms with Crippen LogP contribution in [0.2, 0.25) is 0 Å². The van der Waals surface area contributed by atoms with Crippen LogP contribution in [0, 0.1) is 6.92 Å². The van der Waals surface area contributed by atoms with Gasteiger partial charge in [-0.05, 0) is 50.8 Å². The number of methoxy groups -OCH3 is 2. The Morgan fingerprint density at radius 2 is 1.73 bits per heavy atom. The molecule has 0 spiro atoms. The van der Waals surface area contributed by atoms with Gasteiger partial charge >= 0.3 is 5.69 Å². The highest BCUT2D eigenvalue weighted by Gasteiger charge is 2.23. The van der Waals surface area contributed by atoms with Gasteiger partial charge in [0.25, 0.3) is 5.91 Å². The minimum absolute atomic E-state index is 0.142. The number of benzene rings is 2. The van der Waals surface area contributed by atoms with Crippen molar-refractivity contribution >= 4 is 28.6 Å². The average molecular weight is 562 g/mol. The maximum absolute atomic E-state index is 14.1. The number of nitrogens with zero attached hydrogens (tertiary/aromatic N) is 6. The van der Waals surface area contributed by atoms with Crippen molar-refractivity contribution in [1.82, 2.24) is 24.0 Å². The zero-order chi connectivity index (χ0) is 29.7. The third-order valence-corrected chi connectivity index (χ3v) is 6.47. The monoisotopic (exact) mass is 561 g/mol. The maximum Gasteiger partial charge on any atom is 0.339 e. The average Bonchev–Trinajstić information content (AvgIpc) is 3.25. The lowest BCUT2D eigenvalue weighted by Crippen LogP contribution is -2.26. The molecule has 0 aliphatic carbocycles. The molecule has 2 N–H and O–H groups in total. The van der Waals surface area contributed by atoms with Crippen LogP contribution in [0.1, 0.15) is 5.56 Å². The van der Waals surface area contributed by atoms with Crippen LogP contribution in [0.15, 0.2) is 59.7 Å². The second-order valence-corrected chi connectivity index (χ2v) is 9.59. The van der Waals surface area contributed by atoms with Crippen molar-refractivity contribution in [2.75, 3.05) is 65.8 Å². The number of nitrogens with two attached hydrogens (primary N) is 1. The molecule has 0 fully saturated rings. The third kappa shape index (κ3) is 6.08. The predicted octanol–water partition coefficient (Wildman–Crippen LogP) is 2.58. The van der Waals surface area contributed by atoms with Crippen molar-refractivity contribution in [1.29, 1.82) is 0 Å². The molecular formula is C29H35N7O5. The highest BCUT2D eigenvalue weighted by molar-refractivity contribution is 6.02. The number of rotatable bonds is 11. The van der Waals surface area contributed by atoms with Crippen LogP contribution in [0.25, 0.3) is 22.5 Å². The van der Waals surface area contributed by atoms with E-state index in [2.05, 4.69) is 9.97 Å². The smallest absolute Gasteiger partial charge is 0.339 e. The number of ether oxygens (including phenoxy) is 3. The molecule has 0 saturated carbocycles. The number of hydrogen-bond acceptors (Lipinski definition) is 9.